The lowest BCUT2D eigenvalue weighted by Gasteiger charge is -2.08. The van der Waals surface area contributed by atoms with E-state index in [9.17, 15) is 23.2 Å². The van der Waals surface area contributed by atoms with Gasteiger partial charge in [-0.15, -0.1) is 0 Å². The fourth-order valence-electron chi connectivity index (χ4n) is 2.23. The van der Waals surface area contributed by atoms with Crippen molar-refractivity contribution >= 4 is 23.2 Å². The zero-order valence-corrected chi connectivity index (χ0v) is 13.7. The fraction of sp³-hybridized carbons (Fsp3) is 0. The van der Waals surface area contributed by atoms with Gasteiger partial charge in [-0.1, -0.05) is 11.6 Å². The van der Waals surface area contributed by atoms with Gasteiger partial charge in [-0.2, -0.15) is 0 Å². The quantitative estimate of drug-likeness (QED) is 0.736. The van der Waals surface area contributed by atoms with E-state index >= 15 is 0 Å². The summed E-state index contributed by atoms with van der Waals surface area (Å²) in [7, 11) is 0. The number of hydrogen-bond donors (Lipinski definition) is 2. The molecule has 26 heavy (non-hydrogen) atoms. The van der Waals surface area contributed by atoms with Crippen LogP contribution in [0.3, 0.4) is 0 Å². The number of aromatic amines is 1. The third kappa shape index (κ3) is 3.40. The fourth-order valence-corrected chi connectivity index (χ4v) is 2.35. The Morgan fingerprint density at radius 3 is 2.42 bits per heavy atom. The van der Waals surface area contributed by atoms with Crippen molar-refractivity contribution in [1.29, 1.82) is 0 Å². The maximum atomic E-state index is 13.5. The number of carbonyl (C=O) groups is 1. The summed E-state index contributed by atoms with van der Waals surface area (Å²) >= 11 is 5.57. The molecule has 0 spiro atoms. The first-order valence-electron chi connectivity index (χ1n) is 7.24. The number of anilines is 1. The average Bonchev–Trinajstić information content (AvgIpc) is 2.60. The first kappa shape index (κ1) is 17.6. The molecule has 0 atom stereocenters. The minimum absolute atomic E-state index is 0.0795. The van der Waals surface area contributed by atoms with Crippen molar-refractivity contribution in [2.45, 2.75) is 0 Å². The van der Waals surface area contributed by atoms with Gasteiger partial charge in [-0.3, -0.25) is 9.59 Å². The van der Waals surface area contributed by atoms with E-state index in [1.54, 1.807) is 0 Å². The zero-order valence-electron chi connectivity index (χ0n) is 12.9. The van der Waals surface area contributed by atoms with Crippen LogP contribution in [-0.2, 0) is 0 Å². The molecule has 6 nitrogen and oxygen atoms in total. The molecule has 0 bridgehead atoms. The Bertz CT molecular complexity index is 1110. The van der Waals surface area contributed by atoms with Crippen LogP contribution in [0.25, 0.3) is 5.69 Å². The first-order valence-corrected chi connectivity index (χ1v) is 7.61. The Labute approximate surface area is 149 Å². The molecule has 1 amide bonds. The second kappa shape index (κ2) is 6.93. The van der Waals surface area contributed by atoms with Crippen LogP contribution in [0.2, 0.25) is 5.02 Å². The molecule has 0 saturated carbocycles. The highest BCUT2D eigenvalue weighted by molar-refractivity contribution is 6.30. The van der Waals surface area contributed by atoms with Gasteiger partial charge >= 0.3 is 5.69 Å². The lowest BCUT2D eigenvalue weighted by Crippen LogP contribution is -2.38. The summed E-state index contributed by atoms with van der Waals surface area (Å²) in [6.07, 6.45) is 0.951. The van der Waals surface area contributed by atoms with Crippen molar-refractivity contribution in [3.8, 4) is 5.69 Å². The molecule has 0 aliphatic rings. The molecule has 0 aliphatic heterocycles. The van der Waals surface area contributed by atoms with Crippen molar-refractivity contribution in [2.24, 2.45) is 0 Å². The van der Waals surface area contributed by atoms with Crippen LogP contribution in [0.4, 0.5) is 14.5 Å². The van der Waals surface area contributed by atoms with Crippen LogP contribution in [0.1, 0.15) is 10.4 Å². The SMILES string of the molecule is O=C(Nc1ccc(Cl)c(F)c1)c1c[nH]c(=O)n(-c2ccc(F)cc2)c1=O. The van der Waals surface area contributed by atoms with Crippen LogP contribution >= 0.6 is 11.6 Å². The molecule has 0 saturated heterocycles. The minimum Gasteiger partial charge on any atom is -0.322 e. The lowest BCUT2D eigenvalue weighted by molar-refractivity contribution is 0.102. The number of aromatic nitrogens is 2. The normalized spacial score (nSPS) is 10.6. The van der Waals surface area contributed by atoms with E-state index in [-0.39, 0.29) is 22.0 Å². The van der Waals surface area contributed by atoms with Gasteiger partial charge in [0.2, 0.25) is 0 Å². The smallest absolute Gasteiger partial charge is 0.322 e. The van der Waals surface area contributed by atoms with Crippen molar-refractivity contribution in [1.82, 2.24) is 9.55 Å². The third-order valence-electron chi connectivity index (χ3n) is 3.48. The highest BCUT2D eigenvalue weighted by atomic mass is 35.5. The number of amides is 1. The number of H-pyrrole nitrogens is 1. The van der Waals surface area contributed by atoms with Gasteiger partial charge in [0.05, 0.1) is 10.7 Å². The standard InChI is InChI=1S/C17H10ClF2N3O3/c18-13-6-3-10(7-14(13)20)22-15(24)12-8-21-17(26)23(16(12)25)11-4-1-9(19)2-5-11/h1-8H,(H,21,26)(H,22,24). The molecule has 132 valence electrons. The van der Waals surface area contributed by atoms with Gasteiger partial charge < -0.3 is 10.3 Å². The molecule has 3 aromatic rings. The van der Waals surface area contributed by atoms with Gasteiger partial charge in [0.15, 0.2) is 0 Å². The molecular weight excluding hydrogens is 368 g/mol. The highest BCUT2D eigenvalue weighted by Crippen LogP contribution is 2.19. The third-order valence-corrected chi connectivity index (χ3v) is 3.79. The monoisotopic (exact) mass is 377 g/mol. The Kier molecular flexibility index (Phi) is 4.68. The maximum Gasteiger partial charge on any atom is 0.333 e. The van der Waals surface area contributed by atoms with Crippen molar-refractivity contribution < 1.29 is 13.6 Å². The summed E-state index contributed by atoms with van der Waals surface area (Å²) < 4.78 is 27.2. The second-order valence-corrected chi connectivity index (χ2v) is 5.61. The van der Waals surface area contributed by atoms with E-state index in [4.69, 9.17) is 11.6 Å². The topological polar surface area (TPSA) is 84.0 Å². The molecule has 1 heterocycles. The van der Waals surface area contributed by atoms with Gasteiger partial charge in [0.1, 0.15) is 17.2 Å². The molecule has 0 aliphatic carbocycles. The number of hydrogen-bond acceptors (Lipinski definition) is 3. The summed E-state index contributed by atoms with van der Waals surface area (Å²) in [4.78, 5) is 39.1. The van der Waals surface area contributed by atoms with Crippen LogP contribution in [0.15, 0.2) is 58.3 Å². The maximum absolute atomic E-state index is 13.5. The van der Waals surface area contributed by atoms with E-state index in [0.717, 1.165) is 24.4 Å². The number of carbonyl (C=O) groups excluding carboxylic acids is 1. The minimum atomic E-state index is -0.910. The number of nitrogens with zero attached hydrogens (tertiary/aromatic N) is 1. The van der Waals surface area contributed by atoms with E-state index in [0.29, 0.717) is 4.57 Å². The van der Waals surface area contributed by atoms with E-state index < -0.39 is 28.8 Å². The molecular formula is C17H10ClF2N3O3. The number of benzene rings is 2. The van der Waals surface area contributed by atoms with Gasteiger partial charge in [-0.05, 0) is 42.5 Å². The Morgan fingerprint density at radius 1 is 1.08 bits per heavy atom. The summed E-state index contributed by atoms with van der Waals surface area (Å²) in [5.41, 5.74) is -1.92. The molecule has 2 N–H and O–H groups in total. The van der Waals surface area contributed by atoms with Gasteiger partial charge in [-0.25, -0.2) is 18.1 Å². The highest BCUT2D eigenvalue weighted by Gasteiger charge is 2.16. The van der Waals surface area contributed by atoms with Crippen molar-refractivity contribution in [3.05, 3.63) is 91.7 Å². The van der Waals surface area contributed by atoms with Crippen LogP contribution in [0.5, 0.6) is 0 Å². The molecule has 0 unspecified atom stereocenters. The molecule has 2 aromatic carbocycles. The van der Waals surface area contributed by atoms with E-state index in [2.05, 4.69) is 10.3 Å². The Morgan fingerprint density at radius 2 is 1.77 bits per heavy atom. The Balaban J connectivity index is 2.00. The molecule has 1 aromatic heterocycles. The Hall–Kier alpha value is -3.26. The van der Waals surface area contributed by atoms with Gasteiger partial charge in [0, 0.05) is 11.9 Å². The second-order valence-electron chi connectivity index (χ2n) is 5.21. The predicted octanol–water partition coefficient (Wildman–Crippen LogP) is 2.71. The largest absolute Gasteiger partial charge is 0.333 e. The predicted molar refractivity (Wildman–Crippen MR) is 92.0 cm³/mol. The molecule has 0 fully saturated rings. The van der Waals surface area contributed by atoms with Crippen LogP contribution < -0.4 is 16.6 Å². The first-order chi connectivity index (χ1) is 12.4. The molecule has 3 rings (SSSR count). The summed E-state index contributed by atoms with van der Waals surface area (Å²) in [6.45, 7) is 0. The number of nitrogens with one attached hydrogen (secondary N) is 2. The van der Waals surface area contributed by atoms with Gasteiger partial charge in [0.25, 0.3) is 11.5 Å². The summed E-state index contributed by atoms with van der Waals surface area (Å²) in [5, 5.41) is 2.22. The number of halogens is 3. The number of rotatable bonds is 3. The van der Waals surface area contributed by atoms with Crippen molar-refractivity contribution in [3.63, 3.8) is 0 Å². The van der Waals surface area contributed by atoms with Crippen LogP contribution in [-0.4, -0.2) is 15.5 Å². The summed E-state index contributed by atoms with van der Waals surface area (Å²) in [5.74, 6) is -2.14. The molecule has 9 heteroatoms. The summed E-state index contributed by atoms with van der Waals surface area (Å²) in [6, 6.07) is 8.19. The van der Waals surface area contributed by atoms with E-state index in [1.807, 2.05) is 0 Å². The molecule has 0 radical (unpaired) electrons. The zero-order chi connectivity index (χ0) is 18.8. The van der Waals surface area contributed by atoms with Crippen LogP contribution in [0, 0.1) is 11.6 Å². The lowest BCUT2D eigenvalue weighted by atomic mass is 10.2. The van der Waals surface area contributed by atoms with E-state index in [1.165, 1.54) is 24.3 Å². The average molecular weight is 378 g/mol. The van der Waals surface area contributed by atoms with Crippen molar-refractivity contribution in [2.75, 3.05) is 5.32 Å².